The quantitative estimate of drug-likeness (QED) is 0.151. The maximum absolute atomic E-state index is 12.4. The molecule has 1 aromatic heterocycles. The minimum Gasteiger partial charge on any atom is -0.462 e. The molecule has 9 nitrogen and oxygen atoms in total. The number of esters is 2. The summed E-state index contributed by atoms with van der Waals surface area (Å²) in [6, 6.07) is 12.7. The van der Waals surface area contributed by atoms with Gasteiger partial charge in [0.1, 0.15) is 10.8 Å². The van der Waals surface area contributed by atoms with Gasteiger partial charge in [-0.25, -0.2) is 15.0 Å². The largest absolute Gasteiger partial charge is 0.462 e. The third-order valence-corrected chi connectivity index (χ3v) is 6.84. The van der Waals surface area contributed by atoms with Gasteiger partial charge in [-0.3, -0.25) is 9.59 Å². The van der Waals surface area contributed by atoms with Gasteiger partial charge in [0, 0.05) is 9.90 Å². The highest BCUT2D eigenvalue weighted by molar-refractivity contribution is 7.17. The third kappa shape index (κ3) is 6.41. The molecule has 37 heavy (non-hydrogen) atoms. The lowest BCUT2D eigenvalue weighted by Crippen LogP contribution is -2.32. The number of halogens is 1. The summed E-state index contributed by atoms with van der Waals surface area (Å²) in [5.74, 6) is -2.67. The Labute approximate surface area is 221 Å². The Hall–Kier alpha value is -4.02. The number of hydrogen-bond donors (Lipinski definition) is 2. The molecule has 190 valence electrons. The van der Waals surface area contributed by atoms with Crippen LogP contribution in [0, 0.1) is 0 Å². The third-order valence-electron chi connectivity index (χ3n) is 5.38. The molecule has 3 aromatic rings. The zero-order chi connectivity index (χ0) is 26.4. The van der Waals surface area contributed by atoms with Gasteiger partial charge in [-0.05, 0) is 85.8 Å². The standard InChI is InChI=1S/C26H22ClN3O6S/c1-2-35-26(34)21-19-4-3-5-20(19)37-24(21)29-22(31)23(32)30-28-14-15-6-12-18(13-7-15)36-25(33)16-8-10-17(27)11-9-16/h6-14H,2-5H2,1H3,(H,29,31)(H,30,32). The van der Waals surface area contributed by atoms with E-state index in [0.29, 0.717) is 32.5 Å². The molecular weight excluding hydrogens is 518 g/mol. The van der Waals surface area contributed by atoms with Crippen molar-refractivity contribution >= 4 is 57.9 Å². The Bertz CT molecular complexity index is 1370. The number of hydrogen-bond acceptors (Lipinski definition) is 8. The lowest BCUT2D eigenvalue weighted by Gasteiger charge is -2.07. The number of carbonyl (C=O) groups is 4. The highest BCUT2D eigenvalue weighted by atomic mass is 35.5. The van der Waals surface area contributed by atoms with Gasteiger partial charge in [0.05, 0.1) is 23.9 Å². The van der Waals surface area contributed by atoms with E-state index < -0.39 is 23.8 Å². The van der Waals surface area contributed by atoms with Gasteiger partial charge in [0.2, 0.25) is 0 Å². The highest BCUT2D eigenvalue weighted by Gasteiger charge is 2.29. The molecular formula is C26H22ClN3O6S. The van der Waals surface area contributed by atoms with Gasteiger partial charge >= 0.3 is 23.8 Å². The Balaban J connectivity index is 1.32. The van der Waals surface area contributed by atoms with Crippen molar-refractivity contribution in [3.8, 4) is 5.75 Å². The van der Waals surface area contributed by atoms with Gasteiger partial charge in [0.25, 0.3) is 0 Å². The van der Waals surface area contributed by atoms with Crippen molar-refractivity contribution in [1.82, 2.24) is 5.43 Å². The van der Waals surface area contributed by atoms with E-state index in [9.17, 15) is 19.2 Å². The number of thiophene rings is 1. The van der Waals surface area contributed by atoms with E-state index in [1.165, 1.54) is 17.6 Å². The maximum atomic E-state index is 12.4. The molecule has 2 amide bonds. The predicted molar refractivity (Wildman–Crippen MR) is 140 cm³/mol. The number of benzene rings is 2. The van der Waals surface area contributed by atoms with Crippen LogP contribution in [0.3, 0.4) is 0 Å². The molecule has 2 aromatic carbocycles. The molecule has 1 heterocycles. The van der Waals surface area contributed by atoms with Crippen LogP contribution in [0.15, 0.2) is 53.6 Å². The summed E-state index contributed by atoms with van der Waals surface area (Å²) in [4.78, 5) is 50.2. The molecule has 0 fully saturated rings. The monoisotopic (exact) mass is 539 g/mol. The molecule has 4 rings (SSSR count). The fourth-order valence-electron chi connectivity index (χ4n) is 3.66. The van der Waals surface area contributed by atoms with Crippen molar-refractivity contribution in [1.29, 1.82) is 0 Å². The zero-order valence-corrected chi connectivity index (χ0v) is 21.3. The first kappa shape index (κ1) is 26.1. The van der Waals surface area contributed by atoms with Crippen LogP contribution in [0.5, 0.6) is 5.75 Å². The summed E-state index contributed by atoms with van der Waals surface area (Å²) in [6.45, 7) is 1.91. The predicted octanol–water partition coefficient (Wildman–Crippen LogP) is 4.37. The minimum absolute atomic E-state index is 0.206. The average Bonchev–Trinajstić information content (AvgIpc) is 3.46. The van der Waals surface area contributed by atoms with Gasteiger partial charge in [-0.1, -0.05) is 11.6 Å². The average molecular weight is 540 g/mol. The highest BCUT2D eigenvalue weighted by Crippen LogP contribution is 2.39. The fourth-order valence-corrected chi connectivity index (χ4v) is 5.06. The zero-order valence-electron chi connectivity index (χ0n) is 19.7. The maximum Gasteiger partial charge on any atom is 0.343 e. The molecule has 0 atom stereocenters. The van der Waals surface area contributed by atoms with Gasteiger partial charge in [-0.2, -0.15) is 5.10 Å². The lowest BCUT2D eigenvalue weighted by atomic mass is 10.1. The van der Waals surface area contributed by atoms with Crippen LogP contribution < -0.4 is 15.5 Å². The summed E-state index contributed by atoms with van der Waals surface area (Å²) in [5.41, 5.74) is 4.30. The van der Waals surface area contributed by atoms with Crippen molar-refractivity contribution in [3.63, 3.8) is 0 Å². The first-order valence-electron chi connectivity index (χ1n) is 11.4. The van der Waals surface area contributed by atoms with Crippen LogP contribution >= 0.6 is 22.9 Å². The smallest absolute Gasteiger partial charge is 0.343 e. The first-order valence-corrected chi connectivity index (χ1v) is 12.6. The number of carbonyl (C=O) groups excluding carboxylic acids is 4. The normalized spacial score (nSPS) is 12.2. The second kappa shape index (κ2) is 11.8. The van der Waals surface area contributed by atoms with E-state index in [1.54, 1.807) is 55.5 Å². The second-order valence-electron chi connectivity index (χ2n) is 7.90. The molecule has 1 aliphatic rings. The van der Waals surface area contributed by atoms with Gasteiger partial charge in [-0.15, -0.1) is 11.3 Å². The van der Waals surface area contributed by atoms with Crippen molar-refractivity contribution < 1.29 is 28.7 Å². The molecule has 0 radical (unpaired) electrons. The van der Waals surface area contributed by atoms with E-state index in [4.69, 9.17) is 21.1 Å². The van der Waals surface area contributed by atoms with E-state index in [0.717, 1.165) is 29.7 Å². The number of rotatable bonds is 7. The van der Waals surface area contributed by atoms with E-state index in [-0.39, 0.29) is 6.61 Å². The molecule has 0 saturated heterocycles. The topological polar surface area (TPSA) is 123 Å². The molecule has 2 N–H and O–H groups in total. The van der Waals surface area contributed by atoms with Crippen LogP contribution in [-0.4, -0.2) is 36.6 Å². The Morgan fingerprint density at radius 2 is 1.73 bits per heavy atom. The van der Waals surface area contributed by atoms with Crippen molar-refractivity contribution in [3.05, 3.63) is 80.7 Å². The number of anilines is 1. The molecule has 0 saturated carbocycles. The van der Waals surface area contributed by atoms with Crippen molar-refractivity contribution in [2.45, 2.75) is 26.2 Å². The fraction of sp³-hybridized carbons (Fsp3) is 0.192. The summed E-state index contributed by atoms with van der Waals surface area (Å²) in [6.07, 6.45) is 3.81. The van der Waals surface area contributed by atoms with E-state index >= 15 is 0 Å². The Morgan fingerprint density at radius 3 is 2.43 bits per heavy atom. The SMILES string of the molecule is CCOC(=O)c1c(NC(=O)C(=O)NN=Cc2ccc(OC(=O)c3ccc(Cl)cc3)cc2)sc2c1CCC2. The van der Waals surface area contributed by atoms with E-state index in [2.05, 4.69) is 15.8 Å². The molecule has 0 unspecified atom stereocenters. The number of hydrazone groups is 1. The number of nitrogens with zero attached hydrogens (tertiary/aromatic N) is 1. The Kier molecular flexibility index (Phi) is 8.32. The van der Waals surface area contributed by atoms with Crippen LogP contribution in [0.2, 0.25) is 5.02 Å². The first-order chi connectivity index (χ1) is 17.9. The van der Waals surface area contributed by atoms with Gasteiger partial charge < -0.3 is 14.8 Å². The molecule has 11 heteroatoms. The summed E-state index contributed by atoms with van der Waals surface area (Å²) in [5, 5.41) is 7.12. The summed E-state index contributed by atoms with van der Waals surface area (Å²) in [7, 11) is 0. The number of amides is 2. The van der Waals surface area contributed by atoms with E-state index in [1.807, 2.05) is 0 Å². The second-order valence-corrected chi connectivity index (χ2v) is 9.44. The number of aryl methyl sites for hydroxylation is 1. The van der Waals surface area contributed by atoms with Crippen LogP contribution in [0.25, 0.3) is 0 Å². The van der Waals surface area contributed by atoms with Crippen LogP contribution in [0.1, 0.15) is 50.1 Å². The molecule has 0 spiro atoms. The molecule has 0 bridgehead atoms. The summed E-state index contributed by atoms with van der Waals surface area (Å²) < 4.78 is 10.4. The van der Waals surface area contributed by atoms with Gasteiger partial charge in [0.15, 0.2) is 0 Å². The number of ether oxygens (including phenoxy) is 2. The molecule has 1 aliphatic carbocycles. The summed E-state index contributed by atoms with van der Waals surface area (Å²) >= 11 is 7.10. The van der Waals surface area contributed by atoms with Crippen LogP contribution in [0.4, 0.5) is 5.00 Å². The minimum atomic E-state index is -0.992. The lowest BCUT2D eigenvalue weighted by molar-refractivity contribution is -0.136. The Morgan fingerprint density at radius 1 is 1.00 bits per heavy atom. The number of nitrogens with one attached hydrogen (secondary N) is 2. The number of fused-ring (bicyclic) bond motifs is 1. The van der Waals surface area contributed by atoms with Crippen LogP contribution in [-0.2, 0) is 27.2 Å². The van der Waals surface area contributed by atoms with Crippen molar-refractivity contribution in [2.75, 3.05) is 11.9 Å². The molecule has 0 aliphatic heterocycles. The van der Waals surface area contributed by atoms with Crippen molar-refractivity contribution in [2.24, 2.45) is 5.10 Å².